The standard InChI is InChI=1S/C14H14ClN3O8S/c1-5(19)26-3-6-4-27-13-9(12(22)18(13)10(6)14(23)24)16-11(21)8(17-25)7(20)2-15/h9,13,20H,2-4H2,1H3,(H,16,21)(H,23,24)/t9?,13-/m1/s1. The molecule has 0 aliphatic carbocycles. The molecule has 11 nitrogen and oxygen atoms in total. The second-order valence-electron chi connectivity index (χ2n) is 5.42. The highest BCUT2D eigenvalue weighted by Crippen LogP contribution is 2.40. The number of carbonyl (C=O) groups is 4. The van der Waals surface area contributed by atoms with Crippen molar-refractivity contribution in [2.24, 2.45) is 5.18 Å². The summed E-state index contributed by atoms with van der Waals surface area (Å²) in [5.74, 6) is -4.93. The minimum Gasteiger partial charge on any atom is -0.508 e. The fourth-order valence-corrected chi connectivity index (χ4v) is 3.94. The number of hydrogen-bond donors (Lipinski definition) is 3. The Morgan fingerprint density at radius 3 is 2.59 bits per heavy atom. The summed E-state index contributed by atoms with van der Waals surface area (Å²) in [5.41, 5.74) is -0.933. The van der Waals surface area contributed by atoms with Gasteiger partial charge in [0.1, 0.15) is 29.5 Å². The van der Waals surface area contributed by atoms with E-state index < -0.39 is 52.5 Å². The summed E-state index contributed by atoms with van der Waals surface area (Å²) < 4.78 is 4.81. The Morgan fingerprint density at radius 1 is 1.41 bits per heavy atom. The molecule has 1 unspecified atom stereocenters. The first kappa shape index (κ1) is 20.7. The second kappa shape index (κ2) is 8.39. The SMILES string of the molecule is CC(=O)OCC1=C(C(=O)O)N2C(=O)C(NC(=O)C(N=O)=C(O)CCl)[C@H]2SC1. The van der Waals surface area contributed by atoms with Crippen LogP contribution >= 0.6 is 23.4 Å². The van der Waals surface area contributed by atoms with Gasteiger partial charge in [0.15, 0.2) is 0 Å². The van der Waals surface area contributed by atoms with E-state index in [-0.39, 0.29) is 23.6 Å². The van der Waals surface area contributed by atoms with E-state index in [2.05, 4.69) is 10.5 Å². The number of allylic oxidation sites excluding steroid dienone is 1. The van der Waals surface area contributed by atoms with Gasteiger partial charge in [0.2, 0.25) is 5.70 Å². The number of aliphatic hydroxyl groups is 1. The van der Waals surface area contributed by atoms with E-state index in [0.29, 0.717) is 0 Å². The predicted molar refractivity (Wildman–Crippen MR) is 92.5 cm³/mol. The lowest BCUT2D eigenvalue weighted by Crippen LogP contribution is -2.70. The number of esters is 1. The Balaban J connectivity index is 2.20. The molecule has 2 amide bonds. The summed E-state index contributed by atoms with van der Waals surface area (Å²) in [6.07, 6.45) is 0. The smallest absolute Gasteiger partial charge is 0.352 e. The zero-order chi connectivity index (χ0) is 20.3. The molecule has 13 heteroatoms. The minimum atomic E-state index is -1.38. The van der Waals surface area contributed by atoms with Gasteiger partial charge in [0, 0.05) is 18.2 Å². The lowest BCUT2D eigenvalue weighted by Gasteiger charge is -2.49. The van der Waals surface area contributed by atoms with Crippen LogP contribution in [-0.4, -0.2) is 68.5 Å². The molecule has 1 saturated heterocycles. The fourth-order valence-electron chi connectivity index (χ4n) is 2.48. The molecule has 2 heterocycles. The molecule has 2 aliphatic rings. The van der Waals surface area contributed by atoms with Gasteiger partial charge in [-0.1, -0.05) is 0 Å². The van der Waals surface area contributed by atoms with Crippen molar-refractivity contribution in [3.8, 4) is 0 Å². The number of amides is 2. The van der Waals surface area contributed by atoms with Crippen LogP contribution in [0.25, 0.3) is 0 Å². The summed E-state index contributed by atoms with van der Waals surface area (Å²) in [6, 6.07) is -1.12. The number of fused-ring (bicyclic) bond motifs is 1. The Kier molecular flexibility index (Phi) is 6.44. The lowest BCUT2D eigenvalue weighted by atomic mass is 10.0. The Labute approximate surface area is 161 Å². The van der Waals surface area contributed by atoms with Gasteiger partial charge in [0.05, 0.1) is 5.88 Å². The van der Waals surface area contributed by atoms with E-state index in [1.54, 1.807) is 0 Å². The average molecular weight is 420 g/mol. The van der Waals surface area contributed by atoms with Crippen LogP contribution in [0.4, 0.5) is 0 Å². The molecule has 3 N–H and O–H groups in total. The molecule has 0 bridgehead atoms. The molecular weight excluding hydrogens is 406 g/mol. The van der Waals surface area contributed by atoms with Gasteiger partial charge in [0.25, 0.3) is 11.8 Å². The molecule has 0 aromatic rings. The third-order valence-electron chi connectivity index (χ3n) is 3.69. The van der Waals surface area contributed by atoms with Crippen molar-refractivity contribution < 1.29 is 34.1 Å². The van der Waals surface area contributed by atoms with Gasteiger partial charge in [-0.05, 0) is 5.18 Å². The molecule has 0 spiro atoms. The Hall–Kier alpha value is -2.60. The van der Waals surface area contributed by atoms with E-state index in [0.717, 1.165) is 16.7 Å². The number of carboxylic acids is 1. The zero-order valence-electron chi connectivity index (χ0n) is 13.8. The van der Waals surface area contributed by atoms with Crippen molar-refractivity contribution in [3.05, 3.63) is 27.6 Å². The molecule has 146 valence electrons. The third kappa shape index (κ3) is 4.06. The molecule has 0 radical (unpaired) electrons. The monoisotopic (exact) mass is 419 g/mol. The van der Waals surface area contributed by atoms with Crippen LogP contribution in [0.1, 0.15) is 6.92 Å². The average Bonchev–Trinajstić information content (AvgIpc) is 2.63. The number of nitroso groups, excluding NO2 is 1. The van der Waals surface area contributed by atoms with Crippen molar-refractivity contribution in [3.63, 3.8) is 0 Å². The molecule has 27 heavy (non-hydrogen) atoms. The number of β-lactam (4-membered cyclic amide) rings is 1. The summed E-state index contributed by atoms with van der Waals surface area (Å²) in [6.45, 7) is 0.894. The number of aliphatic carboxylic acids is 1. The van der Waals surface area contributed by atoms with Crippen LogP contribution < -0.4 is 5.32 Å². The molecule has 0 aromatic heterocycles. The first-order chi connectivity index (χ1) is 12.7. The number of halogens is 1. The van der Waals surface area contributed by atoms with Gasteiger partial charge in [-0.3, -0.25) is 19.3 Å². The van der Waals surface area contributed by atoms with Crippen molar-refractivity contribution in [1.82, 2.24) is 10.2 Å². The highest BCUT2D eigenvalue weighted by Gasteiger charge is 2.54. The van der Waals surface area contributed by atoms with E-state index in [1.807, 2.05) is 0 Å². The van der Waals surface area contributed by atoms with Crippen LogP contribution in [0.15, 0.2) is 27.9 Å². The van der Waals surface area contributed by atoms with Crippen molar-refractivity contribution in [2.75, 3.05) is 18.2 Å². The lowest BCUT2D eigenvalue weighted by molar-refractivity contribution is -0.150. The van der Waals surface area contributed by atoms with E-state index in [1.165, 1.54) is 6.92 Å². The quantitative estimate of drug-likeness (QED) is 0.129. The summed E-state index contributed by atoms with van der Waals surface area (Å²) >= 11 is 6.49. The first-order valence-corrected chi connectivity index (χ1v) is 8.96. The maximum absolute atomic E-state index is 12.4. The summed E-state index contributed by atoms with van der Waals surface area (Å²) in [7, 11) is 0. The van der Waals surface area contributed by atoms with Crippen LogP contribution in [0, 0.1) is 4.91 Å². The number of nitrogens with zero attached hydrogens (tertiary/aromatic N) is 2. The van der Waals surface area contributed by atoms with Crippen LogP contribution in [0.3, 0.4) is 0 Å². The molecule has 0 saturated carbocycles. The molecule has 2 rings (SSSR count). The summed E-state index contributed by atoms with van der Waals surface area (Å²) in [4.78, 5) is 58.5. The highest BCUT2D eigenvalue weighted by atomic mass is 35.5. The number of ether oxygens (including phenoxy) is 1. The molecule has 0 aromatic carbocycles. The Bertz CT molecular complexity index is 780. The first-order valence-electron chi connectivity index (χ1n) is 7.38. The molecule has 2 atom stereocenters. The molecule has 2 aliphatic heterocycles. The number of thioether (sulfide) groups is 1. The molecule has 1 fully saturated rings. The number of carbonyl (C=O) groups excluding carboxylic acids is 3. The fraction of sp³-hybridized carbons (Fsp3) is 0.429. The zero-order valence-corrected chi connectivity index (χ0v) is 15.4. The predicted octanol–water partition coefficient (Wildman–Crippen LogP) is 0.0629. The second-order valence-corrected chi connectivity index (χ2v) is 6.79. The van der Waals surface area contributed by atoms with Crippen molar-refractivity contribution in [1.29, 1.82) is 0 Å². The number of hydrogen-bond acceptors (Lipinski definition) is 9. The normalized spacial score (nSPS) is 22.3. The van der Waals surface area contributed by atoms with Gasteiger partial charge in [-0.15, -0.1) is 28.3 Å². The number of nitrogens with one attached hydrogen (secondary N) is 1. The number of carboxylic acid groups (broad SMARTS) is 1. The molecular formula is C14H14ClN3O8S. The van der Waals surface area contributed by atoms with Gasteiger partial charge in [-0.2, -0.15) is 0 Å². The van der Waals surface area contributed by atoms with E-state index >= 15 is 0 Å². The van der Waals surface area contributed by atoms with Crippen LogP contribution in [0.5, 0.6) is 0 Å². The van der Waals surface area contributed by atoms with E-state index in [4.69, 9.17) is 16.3 Å². The van der Waals surface area contributed by atoms with Gasteiger partial charge in [-0.25, -0.2) is 4.79 Å². The minimum absolute atomic E-state index is 0.150. The highest BCUT2D eigenvalue weighted by molar-refractivity contribution is 8.00. The summed E-state index contributed by atoms with van der Waals surface area (Å²) in [5, 5.41) is 22.7. The largest absolute Gasteiger partial charge is 0.508 e. The maximum Gasteiger partial charge on any atom is 0.352 e. The number of rotatable bonds is 7. The van der Waals surface area contributed by atoms with E-state index in [9.17, 15) is 34.3 Å². The van der Waals surface area contributed by atoms with Crippen LogP contribution in [0.2, 0.25) is 0 Å². The van der Waals surface area contributed by atoms with Crippen molar-refractivity contribution in [2.45, 2.75) is 18.3 Å². The number of alkyl halides is 1. The third-order valence-corrected chi connectivity index (χ3v) is 5.29. The van der Waals surface area contributed by atoms with Gasteiger partial charge < -0.3 is 20.3 Å². The number of aliphatic hydroxyl groups excluding tert-OH is 1. The topological polar surface area (TPSA) is 163 Å². The van der Waals surface area contributed by atoms with Crippen molar-refractivity contribution >= 4 is 47.1 Å². The van der Waals surface area contributed by atoms with Gasteiger partial charge >= 0.3 is 11.9 Å². The van der Waals surface area contributed by atoms with Crippen LogP contribution in [-0.2, 0) is 23.9 Å². The Morgan fingerprint density at radius 2 is 2.07 bits per heavy atom. The maximum atomic E-state index is 12.4.